The van der Waals surface area contributed by atoms with Crippen LogP contribution in [0.4, 0.5) is 13.2 Å². The minimum absolute atomic E-state index is 0.0460. The standard InChI is InChI=1S/C19H23F3N2O3/c1-13-12-27-16(14-5-3-2-4-6-14)11-24(13)17(25)15-7-9-23(10-8-15)18(26)19(20,21)22/h2-6,13,15-16H,7-12H2,1H3. The van der Waals surface area contributed by atoms with E-state index in [1.807, 2.05) is 37.3 Å². The van der Waals surface area contributed by atoms with Gasteiger partial charge in [0.1, 0.15) is 6.10 Å². The maximum Gasteiger partial charge on any atom is 0.471 e. The highest BCUT2D eigenvalue weighted by Gasteiger charge is 2.44. The SMILES string of the molecule is CC1COC(c2ccccc2)CN1C(=O)C1CCN(C(=O)C(F)(F)F)CC1. The van der Waals surface area contributed by atoms with Crippen LogP contribution in [0.5, 0.6) is 0 Å². The molecule has 1 aromatic rings. The smallest absolute Gasteiger partial charge is 0.370 e. The lowest BCUT2D eigenvalue weighted by Gasteiger charge is -2.41. The molecule has 0 saturated carbocycles. The highest BCUT2D eigenvalue weighted by molar-refractivity contribution is 5.83. The number of likely N-dealkylation sites (tertiary alicyclic amines) is 1. The first-order chi connectivity index (χ1) is 12.8. The van der Waals surface area contributed by atoms with Gasteiger partial charge in [0, 0.05) is 19.0 Å². The third-order valence-electron chi connectivity index (χ3n) is 5.26. The van der Waals surface area contributed by atoms with Gasteiger partial charge in [-0.1, -0.05) is 30.3 Å². The summed E-state index contributed by atoms with van der Waals surface area (Å²) < 4.78 is 43.5. The van der Waals surface area contributed by atoms with Crippen LogP contribution < -0.4 is 0 Å². The molecule has 2 amide bonds. The molecule has 2 atom stereocenters. The Balaban J connectivity index is 1.61. The molecule has 3 rings (SSSR count). The number of ether oxygens (including phenoxy) is 1. The van der Waals surface area contributed by atoms with Crippen molar-refractivity contribution < 1.29 is 27.5 Å². The van der Waals surface area contributed by atoms with Gasteiger partial charge in [0.2, 0.25) is 5.91 Å². The van der Waals surface area contributed by atoms with Gasteiger partial charge in [-0.2, -0.15) is 13.2 Å². The van der Waals surface area contributed by atoms with Crippen molar-refractivity contribution in [2.75, 3.05) is 26.2 Å². The van der Waals surface area contributed by atoms with Crippen LogP contribution in [0.3, 0.4) is 0 Å². The molecule has 0 aliphatic carbocycles. The summed E-state index contributed by atoms with van der Waals surface area (Å²) in [5, 5.41) is 0. The molecule has 0 N–H and O–H groups in total. The molecular formula is C19H23F3N2O3. The van der Waals surface area contributed by atoms with Gasteiger partial charge in [0.25, 0.3) is 0 Å². The quantitative estimate of drug-likeness (QED) is 0.788. The summed E-state index contributed by atoms with van der Waals surface area (Å²) in [4.78, 5) is 26.9. The Kier molecular flexibility index (Phi) is 5.74. The number of amides is 2. The van der Waals surface area contributed by atoms with E-state index >= 15 is 0 Å². The van der Waals surface area contributed by atoms with Crippen molar-refractivity contribution in [1.82, 2.24) is 9.80 Å². The lowest BCUT2D eigenvalue weighted by molar-refractivity contribution is -0.187. The summed E-state index contributed by atoms with van der Waals surface area (Å²) in [6.07, 6.45) is -4.57. The van der Waals surface area contributed by atoms with Crippen molar-refractivity contribution in [3.05, 3.63) is 35.9 Å². The van der Waals surface area contributed by atoms with Crippen LogP contribution in [0.1, 0.15) is 31.4 Å². The van der Waals surface area contributed by atoms with Crippen molar-refractivity contribution >= 4 is 11.8 Å². The first-order valence-corrected chi connectivity index (χ1v) is 9.10. The van der Waals surface area contributed by atoms with E-state index in [0.717, 1.165) is 10.5 Å². The van der Waals surface area contributed by atoms with Crippen LogP contribution >= 0.6 is 0 Å². The molecule has 0 radical (unpaired) electrons. The Hall–Kier alpha value is -2.09. The summed E-state index contributed by atoms with van der Waals surface area (Å²) in [5.41, 5.74) is 0.993. The first-order valence-electron chi connectivity index (χ1n) is 9.10. The maximum absolute atomic E-state index is 13.0. The second-order valence-electron chi connectivity index (χ2n) is 7.14. The predicted molar refractivity (Wildman–Crippen MR) is 91.7 cm³/mol. The lowest BCUT2D eigenvalue weighted by atomic mass is 9.93. The average Bonchev–Trinajstić information content (AvgIpc) is 2.67. The molecule has 0 bridgehead atoms. The summed E-state index contributed by atoms with van der Waals surface area (Å²) >= 11 is 0. The van der Waals surface area contributed by atoms with Crippen LogP contribution in [0.15, 0.2) is 30.3 Å². The van der Waals surface area contributed by atoms with E-state index in [1.165, 1.54) is 0 Å². The number of halogens is 3. The first kappa shape index (κ1) is 19.7. The summed E-state index contributed by atoms with van der Waals surface area (Å²) in [7, 11) is 0. The number of nitrogens with zero attached hydrogens (tertiary/aromatic N) is 2. The Bertz CT molecular complexity index is 673. The highest BCUT2D eigenvalue weighted by Crippen LogP contribution is 2.29. The zero-order chi connectivity index (χ0) is 19.6. The van der Waals surface area contributed by atoms with Gasteiger partial charge in [-0.05, 0) is 25.3 Å². The van der Waals surface area contributed by atoms with E-state index < -0.39 is 12.1 Å². The number of morpholine rings is 1. The number of rotatable bonds is 2. The van der Waals surface area contributed by atoms with Crippen molar-refractivity contribution in [3.8, 4) is 0 Å². The average molecular weight is 384 g/mol. The summed E-state index contributed by atoms with van der Waals surface area (Å²) in [5.74, 6) is -2.25. The molecular weight excluding hydrogens is 361 g/mol. The molecule has 2 saturated heterocycles. The molecule has 2 unspecified atom stereocenters. The monoisotopic (exact) mass is 384 g/mol. The Labute approximate surface area is 156 Å². The Morgan fingerprint density at radius 1 is 1.11 bits per heavy atom. The van der Waals surface area contributed by atoms with Crippen molar-refractivity contribution in [1.29, 1.82) is 0 Å². The molecule has 2 aliphatic heterocycles. The van der Waals surface area contributed by atoms with Gasteiger partial charge in [0.05, 0.1) is 19.2 Å². The van der Waals surface area contributed by atoms with E-state index in [-0.39, 0.29) is 49.9 Å². The van der Waals surface area contributed by atoms with E-state index in [4.69, 9.17) is 4.74 Å². The van der Waals surface area contributed by atoms with Gasteiger partial charge in [0.15, 0.2) is 0 Å². The molecule has 0 spiro atoms. The van der Waals surface area contributed by atoms with Crippen molar-refractivity contribution in [2.45, 2.75) is 38.1 Å². The van der Waals surface area contributed by atoms with Crippen molar-refractivity contribution in [2.24, 2.45) is 5.92 Å². The number of benzene rings is 1. The third kappa shape index (κ3) is 4.43. The van der Waals surface area contributed by atoms with Crippen LogP contribution in [0, 0.1) is 5.92 Å². The van der Waals surface area contributed by atoms with Gasteiger partial charge in [-0.3, -0.25) is 9.59 Å². The molecule has 2 aliphatic rings. The number of carbonyl (C=O) groups excluding carboxylic acids is 2. The molecule has 2 heterocycles. The van der Waals surface area contributed by atoms with E-state index in [0.29, 0.717) is 13.2 Å². The molecule has 2 fully saturated rings. The second-order valence-corrected chi connectivity index (χ2v) is 7.14. The molecule has 1 aromatic carbocycles. The topological polar surface area (TPSA) is 49.9 Å². The molecule has 5 nitrogen and oxygen atoms in total. The van der Waals surface area contributed by atoms with E-state index in [2.05, 4.69) is 0 Å². The van der Waals surface area contributed by atoms with E-state index in [1.54, 1.807) is 4.90 Å². The normalized spacial score (nSPS) is 24.7. The number of piperidine rings is 1. The lowest BCUT2D eigenvalue weighted by Crippen LogP contribution is -2.53. The van der Waals surface area contributed by atoms with Crippen LogP contribution in [-0.2, 0) is 14.3 Å². The van der Waals surface area contributed by atoms with E-state index in [9.17, 15) is 22.8 Å². The Morgan fingerprint density at radius 2 is 1.74 bits per heavy atom. The Morgan fingerprint density at radius 3 is 2.33 bits per heavy atom. The highest BCUT2D eigenvalue weighted by atomic mass is 19.4. The minimum atomic E-state index is -4.86. The molecule has 8 heteroatoms. The predicted octanol–water partition coefficient (Wildman–Crippen LogP) is 2.78. The molecule has 148 valence electrons. The maximum atomic E-state index is 13.0. The fourth-order valence-electron chi connectivity index (χ4n) is 3.68. The van der Waals surface area contributed by atoms with Gasteiger partial charge in [-0.25, -0.2) is 0 Å². The third-order valence-corrected chi connectivity index (χ3v) is 5.26. The summed E-state index contributed by atoms with van der Waals surface area (Å²) in [6, 6.07) is 9.54. The fourth-order valence-corrected chi connectivity index (χ4v) is 3.68. The van der Waals surface area contributed by atoms with Gasteiger partial charge < -0.3 is 14.5 Å². The minimum Gasteiger partial charge on any atom is -0.370 e. The number of alkyl halides is 3. The van der Waals surface area contributed by atoms with Crippen LogP contribution in [0.25, 0.3) is 0 Å². The number of hydrogen-bond donors (Lipinski definition) is 0. The number of hydrogen-bond acceptors (Lipinski definition) is 3. The fraction of sp³-hybridized carbons (Fsp3) is 0.579. The summed E-state index contributed by atoms with van der Waals surface area (Å²) in [6.45, 7) is 2.65. The van der Waals surface area contributed by atoms with Crippen LogP contribution in [0.2, 0.25) is 0 Å². The van der Waals surface area contributed by atoms with Gasteiger partial charge >= 0.3 is 12.1 Å². The zero-order valence-electron chi connectivity index (χ0n) is 15.1. The van der Waals surface area contributed by atoms with Crippen molar-refractivity contribution in [3.63, 3.8) is 0 Å². The largest absolute Gasteiger partial charge is 0.471 e. The van der Waals surface area contributed by atoms with Gasteiger partial charge in [-0.15, -0.1) is 0 Å². The zero-order valence-corrected chi connectivity index (χ0v) is 15.1. The van der Waals surface area contributed by atoms with Crippen LogP contribution in [-0.4, -0.2) is 60.1 Å². The second kappa shape index (κ2) is 7.88. The number of carbonyl (C=O) groups is 2. The molecule has 0 aromatic heterocycles. The molecule has 27 heavy (non-hydrogen) atoms.